The SMILES string of the molecule is O=C(C[N+]12CCC(CC1)[C@@H](OC(=O)C1(O)c3ccccc3-c3ccccc31)C2)Nc1ncccn1.[Br-]. The highest BCUT2D eigenvalue weighted by molar-refractivity contribution is 5.96. The van der Waals surface area contributed by atoms with E-state index in [4.69, 9.17) is 4.74 Å². The number of anilines is 1. The number of fused-ring (bicyclic) bond motifs is 6. The molecule has 2 N–H and O–H groups in total. The number of nitrogens with zero attached hydrogens (tertiary/aromatic N) is 3. The van der Waals surface area contributed by atoms with Crippen molar-refractivity contribution in [3.8, 4) is 11.1 Å². The highest BCUT2D eigenvalue weighted by Crippen LogP contribution is 2.48. The van der Waals surface area contributed by atoms with Crippen molar-refractivity contribution in [2.45, 2.75) is 24.5 Å². The van der Waals surface area contributed by atoms with Crippen LogP contribution in [-0.2, 0) is 19.9 Å². The molecular weight excluding hydrogens is 524 g/mol. The van der Waals surface area contributed by atoms with E-state index < -0.39 is 11.6 Å². The van der Waals surface area contributed by atoms with Gasteiger partial charge < -0.3 is 31.3 Å². The van der Waals surface area contributed by atoms with Crippen molar-refractivity contribution in [2.75, 3.05) is 31.5 Å². The summed E-state index contributed by atoms with van der Waals surface area (Å²) in [5.41, 5.74) is 0.961. The Labute approximate surface area is 219 Å². The standard InChI is InChI=1S/C27H26N4O4.BrH/c32-24(30-26-28-12-5-13-29-26)17-31-14-10-18(11-15-31)23(16-31)35-25(33)27(34)21-8-3-1-6-19(21)20-7-2-4-9-22(20)27;/h1-9,12-13,18,23,34H,10-11,14-17H2;1H/t18?,23-,31?;/m0./s1. The third kappa shape index (κ3) is 4.01. The number of ether oxygens (including phenoxy) is 1. The number of esters is 1. The maximum atomic E-state index is 13.6. The minimum absolute atomic E-state index is 0. The Morgan fingerprint density at radius 1 is 0.972 bits per heavy atom. The van der Waals surface area contributed by atoms with Gasteiger partial charge in [-0.3, -0.25) is 10.1 Å². The topological polar surface area (TPSA) is 101 Å². The number of quaternary nitrogens is 1. The zero-order chi connectivity index (χ0) is 24.0. The van der Waals surface area contributed by atoms with Gasteiger partial charge in [-0.05, 0) is 17.2 Å². The third-order valence-electron chi connectivity index (χ3n) is 7.82. The van der Waals surface area contributed by atoms with Gasteiger partial charge in [-0.15, -0.1) is 0 Å². The van der Waals surface area contributed by atoms with Crippen LogP contribution in [0.2, 0.25) is 0 Å². The molecule has 1 atom stereocenters. The summed E-state index contributed by atoms with van der Waals surface area (Å²) >= 11 is 0. The minimum atomic E-state index is -1.84. The molecule has 186 valence electrons. The fourth-order valence-corrected chi connectivity index (χ4v) is 6.06. The molecule has 9 heteroatoms. The molecule has 0 radical (unpaired) electrons. The highest BCUT2D eigenvalue weighted by atomic mass is 79.9. The number of hydrogen-bond donors (Lipinski definition) is 2. The summed E-state index contributed by atoms with van der Waals surface area (Å²) in [5, 5.41) is 14.6. The molecule has 3 saturated heterocycles. The Kier molecular flexibility index (Phi) is 6.40. The van der Waals surface area contributed by atoms with E-state index in [1.807, 2.05) is 36.4 Å². The van der Waals surface area contributed by atoms with Crippen molar-refractivity contribution in [3.63, 3.8) is 0 Å². The van der Waals surface area contributed by atoms with Crippen molar-refractivity contribution in [3.05, 3.63) is 78.1 Å². The van der Waals surface area contributed by atoms with Crippen molar-refractivity contribution in [1.29, 1.82) is 0 Å². The number of aliphatic hydroxyl groups is 1. The van der Waals surface area contributed by atoms with Crippen molar-refractivity contribution in [1.82, 2.24) is 9.97 Å². The van der Waals surface area contributed by atoms with Gasteiger partial charge in [0, 0.05) is 42.3 Å². The lowest BCUT2D eigenvalue weighted by molar-refractivity contribution is -0.939. The normalized spacial score (nSPS) is 24.7. The number of carbonyl (C=O) groups excluding carboxylic acids is 2. The number of halogens is 1. The predicted molar refractivity (Wildman–Crippen MR) is 128 cm³/mol. The van der Waals surface area contributed by atoms with E-state index in [0.717, 1.165) is 37.1 Å². The Balaban J connectivity index is 0.00000267. The van der Waals surface area contributed by atoms with Gasteiger partial charge in [-0.2, -0.15) is 0 Å². The number of piperidine rings is 3. The molecule has 0 spiro atoms. The molecule has 2 aromatic carbocycles. The van der Waals surface area contributed by atoms with Crippen LogP contribution in [0, 0.1) is 5.92 Å². The first-order chi connectivity index (χ1) is 17.0. The van der Waals surface area contributed by atoms with E-state index in [1.54, 1.807) is 30.6 Å². The summed E-state index contributed by atoms with van der Waals surface area (Å²) in [4.78, 5) is 34.5. The van der Waals surface area contributed by atoms with E-state index >= 15 is 0 Å². The van der Waals surface area contributed by atoms with Crippen LogP contribution < -0.4 is 22.3 Å². The van der Waals surface area contributed by atoms with Gasteiger partial charge in [-0.1, -0.05) is 48.5 Å². The summed E-state index contributed by atoms with van der Waals surface area (Å²) in [7, 11) is 0. The Hall–Kier alpha value is -3.14. The van der Waals surface area contributed by atoms with Crippen LogP contribution in [-0.4, -0.2) is 63.7 Å². The second-order valence-corrected chi connectivity index (χ2v) is 9.83. The molecule has 2 bridgehead atoms. The van der Waals surface area contributed by atoms with Crippen LogP contribution in [0.1, 0.15) is 24.0 Å². The molecule has 8 nitrogen and oxygen atoms in total. The maximum Gasteiger partial charge on any atom is 0.348 e. The molecule has 0 unspecified atom stereocenters. The van der Waals surface area contributed by atoms with Gasteiger partial charge in [0.25, 0.3) is 5.91 Å². The molecule has 3 fully saturated rings. The highest BCUT2D eigenvalue weighted by Gasteiger charge is 2.53. The van der Waals surface area contributed by atoms with Gasteiger partial charge in [0.15, 0.2) is 12.6 Å². The van der Waals surface area contributed by atoms with Gasteiger partial charge in [0.05, 0.1) is 13.1 Å². The van der Waals surface area contributed by atoms with E-state index in [0.29, 0.717) is 22.2 Å². The first-order valence-electron chi connectivity index (χ1n) is 12.0. The summed E-state index contributed by atoms with van der Waals surface area (Å²) < 4.78 is 6.64. The average molecular weight is 551 g/mol. The summed E-state index contributed by atoms with van der Waals surface area (Å²) in [6.45, 7) is 2.54. The number of amides is 1. The zero-order valence-electron chi connectivity index (χ0n) is 19.6. The van der Waals surface area contributed by atoms with E-state index in [1.165, 1.54) is 0 Å². The number of nitrogens with one attached hydrogen (secondary N) is 1. The van der Waals surface area contributed by atoms with Gasteiger partial charge in [0.1, 0.15) is 6.54 Å². The molecule has 7 rings (SSSR count). The Morgan fingerprint density at radius 3 is 2.17 bits per heavy atom. The fraction of sp³-hybridized carbons (Fsp3) is 0.333. The van der Waals surface area contributed by atoms with Crippen LogP contribution in [0.4, 0.5) is 5.95 Å². The Morgan fingerprint density at radius 2 is 1.56 bits per heavy atom. The molecule has 1 aromatic heterocycles. The second kappa shape index (κ2) is 9.38. The lowest BCUT2D eigenvalue weighted by atomic mass is 9.82. The molecule has 1 aliphatic carbocycles. The Bertz CT molecular complexity index is 1250. The molecule has 3 aromatic rings. The summed E-state index contributed by atoms with van der Waals surface area (Å²) in [6.07, 6.45) is 4.56. The van der Waals surface area contributed by atoms with Crippen LogP contribution in [0.25, 0.3) is 11.1 Å². The van der Waals surface area contributed by atoms with E-state index in [9.17, 15) is 14.7 Å². The summed E-state index contributed by atoms with van der Waals surface area (Å²) in [6, 6.07) is 16.6. The number of carbonyl (C=O) groups is 2. The fourth-order valence-electron chi connectivity index (χ4n) is 6.06. The predicted octanol–water partition coefficient (Wildman–Crippen LogP) is -0.512. The number of rotatable bonds is 5. The third-order valence-corrected chi connectivity index (χ3v) is 7.82. The summed E-state index contributed by atoms with van der Waals surface area (Å²) in [5.74, 6) is -0.283. The molecule has 36 heavy (non-hydrogen) atoms. The maximum absolute atomic E-state index is 13.6. The lowest BCUT2D eigenvalue weighted by Gasteiger charge is -2.51. The minimum Gasteiger partial charge on any atom is -1.00 e. The second-order valence-electron chi connectivity index (χ2n) is 9.83. The number of benzene rings is 2. The molecule has 4 aliphatic rings. The molecule has 3 aliphatic heterocycles. The van der Waals surface area contributed by atoms with Crippen LogP contribution in [0.5, 0.6) is 0 Å². The smallest absolute Gasteiger partial charge is 0.348 e. The average Bonchev–Trinajstić information content (AvgIpc) is 3.15. The molecule has 1 amide bonds. The van der Waals surface area contributed by atoms with E-state index in [2.05, 4.69) is 15.3 Å². The molecule has 0 saturated carbocycles. The lowest BCUT2D eigenvalue weighted by Crippen LogP contribution is -3.00. The van der Waals surface area contributed by atoms with Gasteiger partial charge in [0.2, 0.25) is 11.5 Å². The van der Waals surface area contributed by atoms with Crippen LogP contribution in [0.15, 0.2) is 67.0 Å². The number of aromatic nitrogens is 2. The first kappa shape index (κ1) is 24.5. The number of hydrogen-bond acceptors (Lipinski definition) is 6. The largest absolute Gasteiger partial charge is 1.00 e. The van der Waals surface area contributed by atoms with Crippen LogP contribution in [0.3, 0.4) is 0 Å². The quantitative estimate of drug-likeness (QED) is 0.327. The zero-order valence-corrected chi connectivity index (χ0v) is 21.2. The van der Waals surface area contributed by atoms with Gasteiger partial charge >= 0.3 is 5.97 Å². The van der Waals surface area contributed by atoms with Crippen LogP contribution >= 0.6 is 0 Å². The molecule has 4 heterocycles. The van der Waals surface area contributed by atoms with Crippen molar-refractivity contribution in [2.24, 2.45) is 5.92 Å². The van der Waals surface area contributed by atoms with E-state index in [-0.39, 0.29) is 47.4 Å². The van der Waals surface area contributed by atoms with Gasteiger partial charge in [-0.25, -0.2) is 14.8 Å². The first-order valence-corrected chi connectivity index (χ1v) is 12.0. The molecular formula is C27H27BrN4O4. The monoisotopic (exact) mass is 550 g/mol. The van der Waals surface area contributed by atoms with Crippen molar-refractivity contribution >= 4 is 17.8 Å². The van der Waals surface area contributed by atoms with Crippen molar-refractivity contribution < 1.29 is 40.9 Å².